The number of hydrogen-bond acceptors (Lipinski definition) is 10. The predicted molar refractivity (Wildman–Crippen MR) is 208 cm³/mol. The van der Waals surface area contributed by atoms with Gasteiger partial charge in [0.15, 0.2) is 0 Å². The van der Waals surface area contributed by atoms with E-state index in [9.17, 15) is 29.1 Å². The second-order valence-electron chi connectivity index (χ2n) is 20.6. The molecule has 0 aromatic heterocycles. The molecule has 0 aromatic carbocycles. The summed E-state index contributed by atoms with van der Waals surface area (Å²) in [7, 11) is 0. The van der Waals surface area contributed by atoms with E-state index in [1.165, 1.54) is 6.92 Å². The van der Waals surface area contributed by atoms with Gasteiger partial charge in [-0.05, 0) is 45.8 Å². The van der Waals surface area contributed by atoms with Crippen molar-refractivity contribution in [3.63, 3.8) is 0 Å². The van der Waals surface area contributed by atoms with Crippen molar-refractivity contribution in [3.05, 3.63) is 0 Å². The van der Waals surface area contributed by atoms with Crippen molar-refractivity contribution in [2.75, 3.05) is 32.9 Å². The average molecular weight is 780 g/mol. The van der Waals surface area contributed by atoms with Crippen LogP contribution in [0.5, 0.6) is 0 Å². The monoisotopic (exact) mass is 780 g/mol. The van der Waals surface area contributed by atoms with Crippen LogP contribution in [0.2, 0.25) is 0 Å². The normalized spacial score (nSPS) is 22.5. The molecular formula is C43H73NO11. The molecule has 1 N–H and O–H groups in total. The third-order valence-electron chi connectivity index (χ3n) is 13.9. The van der Waals surface area contributed by atoms with Crippen LogP contribution in [0.3, 0.4) is 0 Å². The fourth-order valence-corrected chi connectivity index (χ4v) is 9.77. The SMILES string of the molecule is CCOC(=O)C(C(C)C(C)(C)C(C(=O)N1CCOCC1)C(C(=O)O)C(C)C(C)(C)C1C(=O)OC(=O)C1C(C)(C)C)C(C)(C)C(C)(C)C(OC(C)=O)C(C)(C)C. The lowest BCUT2D eigenvalue weighted by Gasteiger charge is -2.56. The van der Waals surface area contributed by atoms with Gasteiger partial charge in [0.25, 0.3) is 0 Å². The molecule has 316 valence electrons. The molecule has 8 atom stereocenters. The Kier molecular flexibility index (Phi) is 14.7. The number of ether oxygens (including phenoxy) is 4. The summed E-state index contributed by atoms with van der Waals surface area (Å²) in [6.07, 6.45) is -0.650. The average Bonchev–Trinajstić information content (AvgIpc) is 3.35. The number of aliphatic carboxylic acids is 1. The van der Waals surface area contributed by atoms with Gasteiger partial charge in [0.2, 0.25) is 5.91 Å². The Morgan fingerprint density at radius 3 is 1.69 bits per heavy atom. The quantitative estimate of drug-likeness (QED) is 0.103. The van der Waals surface area contributed by atoms with Gasteiger partial charge >= 0.3 is 29.8 Å². The van der Waals surface area contributed by atoms with Crippen molar-refractivity contribution in [1.29, 1.82) is 0 Å². The summed E-state index contributed by atoms with van der Waals surface area (Å²) in [6.45, 7) is 34.4. The standard InChI is InChI=1S/C43H73NO11/c1-19-53-34(49)28(42(15,16)43(17,18)37(39(8,9)10)54-26(4)45)25(3)41(13,14)29(32(46)44-20-22-52-23-21-44)27(33(47)48)24(2)40(11,12)31-30(38(5,6)7)35(50)55-36(31)51/h24-25,27-31,37H,19-23H2,1-18H3,(H,47,48). The molecule has 2 rings (SSSR count). The second kappa shape index (κ2) is 16.8. The fourth-order valence-electron chi connectivity index (χ4n) is 9.77. The maximum absolute atomic E-state index is 15.1. The van der Waals surface area contributed by atoms with Crippen LogP contribution < -0.4 is 0 Å². The highest BCUT2D eigenvalue weighted by atomic mass is 16.6. The van der Waals surface area contributed by atoms with Gasteiger partial charge < -0.3 is 29.0 Å². The van der Waals surface area contributed by atoms with Gasteiger partial charge in [0.05, 0.1) is 49.4 Å². The molecule has 0 aromatic rings. The van der Waals surface area contributed by atoms with Gasteiger partial charge in [-0.15, -0.1) is 0 Å². The lowest BCUT2D eigenvalue weighted by molar-refractivity contribution is -0.192. The summed E-state index contributed by atoms with van der Waals surface area (Å²) < 4.78 is 22.6. The number of carboxylic acid groups (broad SMARTS) is 1. The van der Waals surface area contributed by atoms with E-state index in [4.69, 9.17) is 18.9 Å². The van der Waals surface area contributed by atoms with Crippen LogP contribution in [-0.4, -0.2) is 84.8 Å². The van der Waals surface area contributed by atoms with Crippen LogP contribution in [0.15, 0.2) is 0 Å². The zero-order chi connectivity index (χ0) is 43.0. The summed E-state index contributed by atoms with van der Waals surface area (Å²) in [5, 5.41) is 11.3. The summed E-state index contributed by atoms with van der Waals surface area (Å²) in [4.78, 5) is 84.2. The molecule has 0 saturated carbocycles. The van der Waals surface area contributed by atoms with Crippen LogP contribution in [0, 0.1) is 73.9 Å². The first-order chi connectivity index (χ1) is 24.7. The molecule has 2 heterocycles. The Labute approximate surface area is 330 Å². The Morgan fingerprint density at radius 1 is 0.782 bits per heavy atom. The molecule has 0 spiro atoms. The molecular weight excluding hydrogens is 706 g/mol. The lowest BCUT2D eigenvalue weighted by atomic mass is 9.48. The third-order valence-corrected chi connectivity index (χ3v) is 13.9. The highest BCUT2D eigenvalue weighted by molar-refractivity contribution is 5.97. The summed E-state index contributed by atoms with van der Waals surface area (Å²) in [5.74, 6) is -10.8. The Bertz CT molecular complexity index is 1440. The molecule has 0 radical (unpaired) electrons. The number of carboxylic acids is 1. The zero-order valence-electron chi connectivity index (χ0n) is 37.1. The van der Waals surface area contributed by atoms with Gasteiger partial charge in [0.1, 0.15) is 6.10 Å². The van der Waals surface area contributed by atoms with E-state index >= 15 is 4.79 Å². The van der Waals surface area contributed by atoms with E-state index in [1.807, 2.05) is 90.0 Å². The molecule has 12 heteroatoms. The molecule has 2 aliphatic rings. The van der Waals surface area contributed by atoms with Gasteiger partial charge in [0, 0.05) is 25.4 Å². The largest absolute Gasteiger partial charge is 0.481 e. The third kappa shape index (κ3) is 9.58. The Hall–Kier alpha value is -3.02. The first kappa shape index (κ1) is 48.1. The molecule has 55 heavy (non-hydrogen) atoms. The number of nitrogens with zero attached hydrogens (tertiary/aromatic N) is 1. The molecule has 2 saturated heterocycles. The maximum atomic E-state index is 15.1. The van der Waals surface area contributed by atoms with E-state index in [1.54, 1.807) is 32.6 Å². The first-order valence-corrected chi connectivity index (χ1v) is 19.9. The van der Waals surface area contributed by atoms with Crippen LogP contribution in [0.4, 0.5) is 0 Å². The first-order valence-electron chi connectivity index (χ1n) is 19.9. The van der Waals surface area contributed by atoms with E-state index < -0.39 is 110 Å². The smallest absolute Gasteiger partial charge is 0.318 e. The molecule has 2 aliphatic heterocycles. The highest BCUT2D eigenvalue weighted by Crippen LogP contribution is 2.59. The maximum Gasteiger partial charge on any atom is 0.318 e. The van der Waals surface area contributed by atoms with Crippen molar-refractivity contribution in [2.24, 2.45) is 73.9 Å². The molecule has 12 nitrogen and oxygen atoms in total. The van der Waals surface area contributed by atoms with E-state index in [0.29, 0.717) is 0 Å². The second-order valence-corrected chi connectivity index (χ2v) is 20.6. The number of carbonyl (C=O) groups is 6. The predicted octanol–water partition coefficient (Wildman–Crippen LogP) is 7.06. The Balaban J connectivity index is 2.96. The van der Waals surface area contributed by atoms with Crippen molar-refractivity contribution >= 4 is 35.8 Å². The molecule has 1 amide bonds. The number of morpholine rings is 1. The zero-order valence-corrected chi connectivity index (χ0v) is 37.1. The van der Waals surface area contributed by atoms with Crippen molar-refractivity contribution in [1.82, 2.24) is 4.90 Å². The summed E-state index contributed by atoms with van der Waals surface area (Å²) >= 11 is 0. The molecule has 0 aliphatic carbocycles. The van der Waals surface area contributed by atoms with E-state index in [0.717, 1.165) is 0 Å². The van der Waals surface area contributed by atoms with Crippen LogP contribution in [-0.2, 0) is 47.7 Å². The number of carbonyl (C=O) groups excluding carboxylic acids is 5. The van der Waals surface area contributed by atoms with Crippen LogP contribution in [0.25, 0.3) is 0 Å². The van der Waals surface area contributed by atoms with Gasteiger partial charge in [-0.3, -0.25) is 28.8 Å². The lowest BCUT2D eigenvalue weighted by Crippen LogP contribution is -2.60. The molecule has 8 unspecified atom stereocenters. The minimum Gasteiger partial charge on any atom is -0.481 e. The van der Waals surface area contributed by atoms with Crippen LogP contribution in [0.1, 0.15) is 125 Å². The molecule has 2 fully saturated rings. The number of hydrogen-bond donors (Lipinski definition) is 1. The Morgan fingerprint density at radius 2 is 1.27 bits per heavy atom. The number of amides is 1. The van der Waals surface area contributed by atoms with Gasteiger partial charge in [-0.1, -0.05) is 111 Å². The van der Waals surface area contributed by atoms with Crippen LogP contribution >= 0.6 is 0 Å². The van der Waals surface area contributed by atoms with Crippen molar-refractivity contribution in [3.8, 4) is 0 Å². The summed E-state index contributed by atoms with van der Waals surface area (Å²) in [6, 6.07) is 0. The highest BCUT2D eigenvalue weighted by Gasteiger charge is 2.63. The minimum atomic E-state index is -1.37. The van der Waals surface area contributed by atoms with Crippen molar-refractivity contribution in [2.45, 2.75) is 131 Å². The van der Waals surface area contributed by atoms with Gasteiger partial charge in [-0.2, -0.15) is 0 Å². The number of cyclic esters (lactones) is 2. The van der Waals surface area contributed by atoms with Crippen molar-refractivity contribution < 1.29 is 52.8 Å². The van der Waals surface area contributed by atoms with Gasteiger partial charge in [-0.25, -0.2) is 0 Å². The fraction of sp³-hybridized carbons (Fsp3) is 0.860. The summed E-state index contributed by atoms with van der Waals surface area (Å²) in [5.41, 5.74) is -5.39. The number of rotatable bonds is 15. The number of esters is 4. The van der Waals surface area contributed by atoms with E-state index in [-0.39, 0.29) is 38.8 Å². The minimum absolute atomic E-state index is 0.0932. The van der Waals surface area contributed by atoms with E-state index in [2.05, 4.69) is 0 Å². The topological polar surface area (TPSA) is 163 Å². The molecule has 0 bridgehead atoms.